The van der Waals surface area contributed by atoms with E-state index in [1.807, 2.05) is 12.1 Å². The highest BCUT2D eigenvalue weighted by molar-refractivity contribution is 6.30. The van der Waals surface area contributed by atoms with E-state index in [0.717, 1.165) is 44.2 Å². The molecule has 2 unspecified atom stereocenters. The number of nitrogens with one attached hydrogen (secondary N) is 1. The Morgan fingerprint density at radius 1 is 1.35 bits per heavy atom. The van der Waals surface area contributed by atoms with Gasteiger partial charge >= 0.3 is 0 Å². The summed E-state index contributed by atoms with van der Waals surface area (Å²) in [5.74, 6) is 0. The van der Waals surface area contributed by atoms with E-state index in [-0.39, 0.29) is 12.1 Å². The minimum absolute atomic E-state index is 0.205. The molecular formula is C16H25ClN2O. The van der Waals surface area contributed by atoms with Crippen LogP contribution in [-0.2, 0) is 4.74 Å². The molecule has 4 heteroatoms. The molecule has 1 aliphatic rings. The molecular weight excluding hydrogens is 272 g/mol. The van der Waals surface area contributed by atoms with E-state index in [4.69, 9.17) is 16.3 Å². The van der Waals surface area contributed by atoms with Crippen LogP contribution in [0.25, 0.3) is 0 Å². The monoisotopic (exact) mass is 296 g/mol. The van der Waals surface area contributed by atoms with Crippen molar-refractivity contribution in [2.24, 2.45) is 0 Å². The summed E-state index contributed by atoms with van der Waals surface area (Å²) in [4.78, 5) is 2.45. The number of nitrogens with zero attached hydrogens (tertiary/aromatic N) is 1. The lowest BCUT2D eigenvalue weighted by Gasteiger charge is -2.37. The lowest BCUT2D eigenvalue weighted by molar-refractivity contribution is -0.0455. The molecule has 0 aromatic heterocycles. The third-order valence-corrected chi connectivity index (χ3v) is 4.09. The van der Waals surface area contributed by atoms with Crippen molar-refractivity contribution in [2.75, 3.05) is 32.8 Å². The molecule has 2 rings (SSSR count). The van der Waals surface area contributed by atoms with Gasteiger partial charge in [0.25, 0.3) is 0 Å². The number of ether oxygens (including phenoxy) is 1. The summed E-state index contributed by atoms with van der Waals surface area (Å²) in [7, 11) is 0. The first-order chi connectivity index (χ1) is 9.74. The maximum atomic E-state index is 6.02. The zero-order chi connectivity index (χ0) is 14.4. The summed E-state index contributed by atoms with van der Waals surface area (Å²) < 4.78 is 6.02. The standard InChI is InChI=1S/C16H25ClN2O/c1-3-9-18-16(13-5-7-14(17)8-6-13)15-12-19(4-2)10-11-20-15/h5-8,15-16,18H,3-4,9-12H2,1-2H3. The molecule has 0 aliphatic carbocycles. The number of rotatable bonds is 6. The molecule has 1 aromatic carbocycles. The van der Waals surface area contributed by atoms with Gasteiger partial charge < -0.3 is 10.1 Å². The van der Waals surface area contributed by atoms with Crippen LogP contribution in [0.4, 0.5) is 0 Å². The summed E-state index contributed by atoms with van der Waals surface area (Å²) in [5, 5.41) is 4.41. The zero-order valence-corrected chi connectivity index (χ0v) is 13.2. The van der Waals surface area contributed by atoms with Gasteiger partial charge in [0.15, 0.2) is 0 Å². The lowest BCUT2D eigenvalue weighted by Crippen LogP contribution is -2.48. The molecule has 0 spiro atoms. The van der Waals surface area contributed by atoms with Gasteiger partial charge in [0.1, 0.15) is 0 Å². The Bertz CT molecular complexity index is 396. The Balaban J connectivity index is 2.11. The van der Waals surface area contributed by atoms with Gasteiger partial charge in [-0.3, -0.25) is 4.90 Å². The SMILES string of the molecule is CCCNC(c1ccc(Cl)cc1)C1CN(CC)CCO1. The van der Waals surface area contributed by atoms with Crippen molar-refractivity contribution in [1.29, 1.82) is 0 Å². The van der Waals surface area contributed by atoms with Crippen molar-refractivity contribution < 1.29 is 4.74 Å². The number of morpholine rings is 1. The van der Waals surface area contributed by atoms with E-state index >= 15 is 0 Å². The van der Waals surface area contributed by atoms with Gasteiger partial charge in [0, 0.05) is 18.1 Å². The maximum Gasteiger partial charge on any atom is 0.0896 e. The zero-order valence-electron chi connectivity index (χ0n) is 12.4. The fourth-order valence-corrected chi connectivity index (χ4v) is 2.78. The van der Waals surface area contributed by atoms with Gasteiger partial charge in [-0.25, -0.2) is 0 Å². The molecule has 3 nitrogen and oxygen atoms in total. The molecule has 0 amide bonds. The molecule has 112 valence electrons. The molecule has 1 aliphatic heterocycles. The Morgan fingerprint density at radius 3 is 2.75 bits per heavy atom. The largest absolute Gasteiger partial charge is 0.374 e. The number of hydrogen-bond acceptors (Lipinski definition) is 3. The van der Waals surface area contributed by atoms with E-state index in [1.165, 1.54) is 5.56 Å². The van der Waals surface area contributed by atoms with Gasteiger partial charge in [-0.1, -0.05) is 37.6 Å². The Hall–Kier alpha value is -0.610. The van der Waals surface area contributed by atoms with Gasteiger partial charge in [-0.15, -0.1) is 0 Å². The van der Waals surface area contributed by atoms with E-state index in [0.29, 0.717) is 0 Å². The van der Waals surface area contributed by atoms with Gasteiger partial charge in [-0.05, 0) is 37.2 Å². The predicted octanol–water partition coefficient (Wildman–Crippen LogP) is 3.10. The highest BCUT2D eigenvalue weighted by Crippen LogP contribution is 2.24. The summed E-state index contributed by atoms with van der Waals surface area (Å²) >= 11 is 5.99. The van der Waals surface area contributed by atoms with E-state index in [2.05, 4.69) is 36.2 Å². The highest BCUT2D eigenvalue weighted by atomic mass is 35.5. The number of benzene rings is 1. The summed E-state index contributed by atoms with van der Waals surface area (Å²) in [5.41, 5.74) is 1.26. The summed E-state index contributed by atoms with van der Waals surface area (Å²) in [6.07, 6.45) is 1.32. The maximum absolute atomic E-state index is 6.02. The van der Waals surface area contributed by atoms with Crippen LogP contribution in [0, 0.1) is 0 Å². The summed E-state index contributed by atoms with van der Waals surface area (Å²) in [6.45, 7) is 9.32. The Morgan fingerprint density at radius 2 is 2.10 bits per heavy atom. The van der Waals surface area contributed by atoms with Crippen LogP contribution in [-0.4, -0.2) is 43.8 Å². The van der Waals surface area contributed by atoms with Crippen LogP contribution in [0.15, 0.2) is 24.3 Å². The normalized spacial score (nSPS) is 21.9. The number of likely N-dealkylation sites (N-methyl/N-ethyl adjacent to an activating group) is 1. The van der Waals surface area contributed by atoms with Crippen molar-refractivity contribution in [1.82, 2.24) is 10.2 Å². The number of hydrogen-bond donors (Lipinski definition) is 1. The molecule has 0 saturated carbocycles. The first-order valence-corrected chi connectivity index (χ1v) is 7.95. The third kappa shape index (κ3) is 4.19. The average Bonchev–Trinajstić information content (AvgIpc) is 2.49. The van der Waals surface area contributed by atoms with Crippen LogP contribution in [0.3, 0.4) is 0 Å². The van der Waals surface area contributed by atoms with Crippen LogP contribution in [0.1, 0.15) is 31.9 Å². The lowest BCUT2D eigenvalue weighted by atomic mass is 9.99. The van der Waals surface area contributed by atoms with Crippen LogP contribution >= 0.6 is 11.6 Å². The smallest absolute Gasteiger partial charge is 0.0896 e. The molecule has 0 radical (unpaired) electrons. The Kier molecular flexibility index (Phi) is 6.30. The van der Waals surface area contributed by atoms with Crippen molar-refractivity contribution in [3.05, 3.63) is 34.9 Å². The van der Waals surface area contributed by atoms with E-state index in [9.17, 15) is 0 Å². The van der Waals surface area contributed by atoms with Crippen LogP contribution in [0.2, 0.25) is 5.02 Å². The topological polar surface area (TPSA) is 24.5 Å². The second-order valence-corrected chi connectivity index (χ2v) is 5.72. The van der Waals surface area contributed by atoms with Gasteiger partial charge in [0.2, 0.25) is 0 Å². The molecule has 20 heavy (non-hydrogen) atoms. The van der Waals surface area contributed by atoms with Crippen molar-refractivity contribution in [3.63, 3.8) is 0 Å². The second kappa shape index (κ2) is 7.99. The van der Waals surface area contributed by atoms with Crippen LogP contribution in [0.5, 0.6) is 0 Å². The van der Waals surface area contributed by atoms with Gasteiger partial charge in [0.05, 0.1) is 18.8 Å². The highest BCUT2D eigenvalue weighted by Gasteiger charge is 2.28. The fourth-order valence-electron chi connectivity index (χ4n) is 2.65. The number of halogens is 1. The molecule has 1 saturated heterocycles. The molecule has 2 atom stereocenters. The Labute approximate surface area is 127 Å². The summed E-state index contributed by atoms with van der Waals surface area (Å²) in [6, 6.07) is 8.35. The quantitative estimate of drug-likeness (QED) is 0.873. The predicted molar refractivity (Wildman–Crippen MR) is 84.3 cm³/mol. The minimum Gasteiger partial charge on any atom is -0.374 e. The molecule has 1 heterocycles. The third-order valence-electron chi connectivity index (χ3n) is 3.84. The molecule has 1 N–H and O–H groups in total. The van der Waals surface area contributed by atoms with E-state index in [1.54, 1.807) is 0 Å². The fraction of sp³-hybridized carbons (Fsp3) is 0.625. The molecule has 1 fully saturated rings. The second-order valence-electron chi connectivity index (χ2n) is 5.29. The first-order valence-electron chi connectivity index (χ1n) is 7.57. The molecule has 1 aromatic rings. The first kappa shape index (κ1) is 15.8. The van der Waals surface area contributed by atoms with Crippen LogP contribution < -0.4 is 5.32 Å². The van der Waals surface area contributed by atoms with E-state index < -0.39 is 0 Å². The van der Waals surface area contributed by atoms with Crippen molar-refractivity contribution in [3.8, 4) is 0 Å². The molecule has 0 bridgehead atoms. The van der Waals surface area contributed by atoms with Gasteiger partial charge in [-0.2, -0.15) is 0 Å². The average molecular weight is 297 g/mol. The minimum atomic E-state index is 0.205. The van der Waals surface area contributed by atoms with Crippen molar-refractivity contribution in [2.45, 2.75) is 32.4 Å². The van der Waals surface area contributed by atoms with Crippen molar-refractivity contribution >= 4 is 11.6 Å².